The summed E-state index contributed by atoms with van der Waals surface area (Å²) in [6.07, 6.45) is -0.612. The molecule has 1 aromatic heterocycles. The Morgan fingerprint density at radius 2 is 2.16 bits per heavy atom. The van der Waals surface area contributed by atoms with Crippen LogP contribution in [0.1, 0.15) is 11.3 Å². The van der Waals surface area contributed by atoms with Crippen LogP contribution >= 0.6 is 23.1 Å². The van der Waals surface area contributed by atoms with Crippen LogP contribution in [0.2, 0.25) is 0 Å². The van der Waals surface area contributed by atoms with Crippen LogP contribution in [0.15, 0.2) is 23.1 Å². The van der Waals surface area contributed by atoms with Crippen molar-refractivity contribution in [3.63, 3.8) is 0 Å². The molecule has 1 aliphatic heterocycles. The Morgan fingerprint density at radius 3 is 2.84 bits per heavy atom. The second kappa shape index (κ2) is 7.02. The summed E-state index contributed by atoms with van der Waals surface area (Å²) in [5.74, 6) is 0. The van der Waals surface area contributed by atoms with Crippen LogP contribution in [0.3, 0.4) is 0 Å². The van der Waals surface area contributed by atoms with Crippen LogP contribution in [0.25, 0.3) is 10.1 Å². The van der Waals surface area contributed by atoms with Crippen molar-refractivity contribution < 1.29 is 17.6 Å². The van der Waals surface area contributed by atoms with Crippen molar-refractivity contribution in [3.05, 3.63) is 23.1 Å². The molecule has 0 spiro atoms. The van der Waals surface area contributed by atoms with Gasteiger partial charge in [-0.05, 0) is 31.3 Å². The van der Waals surface area contributed by atoms with E-state index in [9.17, 15) is 22.8 Å². The number of hydrogen-bond acceptors (Lipinski definition) is 5. The maximum Gasteiger partial charge on any atom is 0.446 e. The molecule has 2 aromatic rings. The second-order valence-corrected chi connectivity index (χ2v) is 8.02. The van der Waals surface area contributed by atoms with E-state index < -0.39 is 17.7 Å². The summed E-state index contributed by atoms with van der Waals surface area (Å²) in [7, 11) is 1.90. The van der Waals surface area contributed by atoms with Gasteiger partial charge in [0.2, 0.25) is 0 Å². The molecule has 3 nitrogen and oxygen atoms in total. The van der Waals surface area contributed by atoms with Crippen LogP contribution < -0.4 is 5.32 Å². The highest BCUT2D eigenvalue weighted by atomic mass is 32.2. The van der Waals surface area contributed by atoms with Gasteiger partial charge in [0.05, 0.1) is 21.3 Å². The van der Waals surface area contributed by atoms with Crippen molar-refractivity contribution >= 4 is 38.9 Å². The van der Waals surface area contributed by atoms with E-state index in [1.54, 1.807) is 18.2 Å². The number of thiophene rings is 1. The molecule has 134 valence electrons. The van der Waals surface area contributed by atoms with Gasteiger partial charge in [-0.3, -0.25) is 0 Å². The lowest BCUT2D eigenvalue weighted by molar-refractivity contribution is -0.0327. The molecule has 0 amide bonds. The average molecular weight is 389 g/mol. The summed E-state index contributed by atoms with van der Waals surface area (Å²) in [6.45, 7) is 1.19. The molecule has 0 unspecified atom stereocenters. The van der Waals surface area contributed by atoms with Gasteiger partial charge < -0.3 is 10.2 Å². The largest absolute Gasteiger partial charge is 0.446 e. The minimum atomic E-state index is -4.47. The summed E-state index contributed by atoms with van der Waals surface area (Å²) in [5, 5.41) is 12.7. The average Bonchev–Trinajstić information content (AvgIpc) is 2.88. The van der Waals surface area contributed by atoms with Crippen molar-refractivity contribution in [1.82, 2.24) is 4.90 Å². The fourth-order valence-corrected chi connectivity index (χ4v) is 4.86. The van der Waals surface area contributed by atoms with Crippen LogP contribution in [-0.2, 0) is 0 Å². The number of halogens is 4. The first-order valence-corrected chi connectivity index (χ1v) is 9.22. The van der Waals surface area contributed by atoms with Gasteiger partial charge in [0, 0.05) is 18.5 Å². The lowest BCUT2D eigenvalue weighted by Crippen LogP contribution is -2.47. The molecule has 9 heteroatoms. The number of benzene rings is 1. The molecule has 2 heterocycles. The molecular formula is C16H15F4N3S2. The highest BCUT2D eigenvalue weighted by Crippen LogP contribution is 2.47. The van der Waals surface area contributed by atoms with Crippen molar-refractivity contribution in [1.29, 1.82) is 5.26 Å². The van der Waals surface area contributed by atoms with E-state index in [2.05, 4.69) is 5.32 Å². The molecule has 2 atom stereocenters. The number of nitriles is 1. The van der Waals surface area contributed by atoms with E-state index in [4.69, 9.17) is 0 Å². The normalized spacial score (nSPS) is 22.1. The third-order valence-electron chi connectivity index (χ3n) is 4.06. The number of alkyl halides is 4. The second-order valence-electron chi connectivity index (χ2n) is 5.92. The Hall–Kier alpha value is -1.50. The van der Waals surface area contributed by atoms with Crippen LogP contribution in [-0.4, -0.2) is 42.8 Å². The quantitative estimate of drug-likeness (QED) is 0.602. The number of hydrogen-bond donors (Lipinski definition) is 1. The zero-order valence-electron chi connectivity index (χ0n) is 13.2. The maximum atomic E-state index is 14.2. The van der Waals surface area contributed by atoms with Crippen LogP contribution in [0.5, 0.6) is 0 Å². The molecule has 25 heavy (non-hydrogen) atoms. The van der Waals surface area contributed by atoms with E-state index in [-0.39, 0.29) is 21.5 Å². The van der Waals surface area contributed by atoms with Crippen LogP contribution in [0, 0.1) is 11.3 Å². The van der Waals surface area contributed by atoms with Gasteiger partial charge in [-0.1, -0.05) is 12.1 Å². The van der Waals surface area contributed by atoms with Gasteiger partial charge >= 0.3 is 5.51 Å². The molecule has 1 N–H and O–H groups in total. The fourth-order valence-electron chi connectivity index (χ4n) is 2.92. The monoisotopic (exact) mass is 389 g/mol. The van der Waals surface area contributed by atoms with Gasteiger partial charge in [0.25, 0.3) is 0 Å². The number of rotatable bonds is 3. The van der Waals surface area contributed by atoms with Gasteiger partial charge in [-0.15, -0.1) is 11.3 Å². The summed E-state index contributed by atoms with van der Waals surface area (Å²) < 4.78 is 53.2. The molecule has 1 saturated heterocycles. The summed E-state index contributed by atoms with van der Waals surface area (Å²) in [4.78, 5) is 1.94. The van der Waals surface area contributed by atoms with E-state index in [0.717, 1.165) is 11.3 Å². The number of fused-ring (bicyclic) bond motifs is 1. The molecule has 1 aliphatic rings. The van der Waals surface area contributed by atoms with Crippen molar-refractivity contribution in [2.75, 3.05) is 25.5 Å². The Morgan fingerprint density at radius 1 is 1.40 bits per heavy atom. The highest BCUT2D eigenvalue weighted by molar-refractivity contribution is 8.00. The smallest absolute Gasteiger partial charge is 0.377 e. The minimum Gasteiger partial charge on any atom is -0.377 e. The molecule has 1 fully saturated rings. The predicted molar refractivity (Wildman–Crippen MR) is 92.9 cm³/mol. The molecule has 3 rings (SSSR count). The van der Waals surface area contributed by atoms with Crippen molar-refractivity contribution in [2.45, 2.75) is 29.0 Å². The van der Waals surface area contributed by atoms with Crippen LogP contribution in [0.4, 0.5) is 23.2 Å². The van der Waals surface area contributed by atoms with Crippen molar-refractivity contribution in [3.8, 4) is 6.07 Å². The molecule has 1 aromatic carbocycles. The molecule has 0 saturated carbocycles. The number of nitrogens with zero attached hydrogens (tertiary/aromatic N) is 2. The number of thioether (sulfide) groups is 1. The maximum absolute atomic E-state index is 14.2. The summed E-state index contributed by atoms with van der Waals surface area (Å²) in [5.41, 5.74) is -3.91. The Labute approximate surface area is 150 Å². The topological polar surface area (TPSA) is 39.1 Å². The van der Waals surface area contributed by atoms with Gasteiger partial charge in [0.1, 0.15) is 17.1 Å². The molecular weight excluding hydrogens is 374 g/mol. The molecule has 0 aliphatic carbocycles. The first-order valence-electron chi connectivity index (χ1n) is 7.59. The van der Waals surface area contributed by atoms with E-state index in [1.165, 1.54) is 0 Å². The number of anilines is 1. The number of piperidine rings is 1. The number of likely N-dealkylation sites (N-methyl/N-ethyl adjacent to an activating group) is 1. The Kier molecular flexibility index (Phi) is 5.14. The van der Waals surface area contributed by atoms with E-state index >= 15 is 0 Å². The lowest BCUT2D eigenvalue weighted by atomic mass is 10.0. The third-order valence-corrected chi connectivity index (χ3v) is 6.19. The predicted octanol–water partition coefficient (Wildman–Crippen LogP) is 4.84. The Balaban J connectivity index is 1.99. The standard InChI is InChI=1S/C16H15F4N3S2/c1-23-6-5-10(17)12(8-23)22-11-4-2-3-9-14(11)24-13(7-21)15(9)25-16(18,19)20/h2-4,10,12,22H,5-6,8H2,1H3/t10-,12+/m0/s1. The number of nitrogens with one attached hydrogen (secondary N) is 1. The minimum absolute atomic E-state index is 0.0177. The zero-order chi connectivity index (χ0) is 18.2. The van der Waals surface area contributed by atoms with E-state index in [1.807, 2.05) is 18.0 Å². The van der Waals surface area contributed by atoms with Gasteiger partial charge in [-0.2, -0.15) is 18.4 Å². The fraction of sp³-hybridized carbons (Fsp3) is 0.438. The van der Waals surface area contributed by atoms with E-state index in [0.29, 0.717) is 35.3 Å². The summed E-state index contributed by atoms with van der Waals surface area (Å²) in [6, 6.07) is 6.30. The lowest BCUT2D eigenvalue weighted by Gasteiger charge is -2.33. The first-order chi connectivity index (χ1) is 11.8. The SMILES string of the molecule is CN1CC[C@H](F)[C@H](Nc2cccc3c(SC(F)(F)F)c(C#N)sc23)C1. The highest BCUT2D eigenvalue weighted by Gasteiger charge is 2.33. The summed E-state index contributed by atoms with van der Waals surface area (Å²) >= 11 is 0.723. The molecule has 0 bridgehead atoms. The zero-order valence-corrected chi connectivity index (χ0v) is 14.9. The Bertz CT molecular complexity index is 812. The third kappa shape index (κ3) is 4.02. The first kappa shape index (κ1) is 18.3. The van der Waals surface area contributed by atoms with Crippen molar-refractivity contribution in [2.24, 2.45) is 0 Å². The van der Waals surface area contributed by atoms with Gasteiger partial charge in [0.15, 0.2) is 0 Å². The molecule has 0 radical (unpaired) electrons. The van der Waals surface area contributed by atoms with Gasteiger partial charge in [-0.25, -0.2) is 4.39 Å². The number of likely N-dealkylation sites (tertiary alicyclic amines) is 1.